The predicted molar refractivity (Wildman–Crippen MR) is 63.1 cm³/mol. The quantitative estimate of drug-likeness (QED) is 0.645. The lowest BCUT2D eigenvalue weighted by molar-refractivity contribution is -0.128. The molecule has 0 spiro atoms. The molecule has 0 bridgehead atoms. The van der Waals surface area contributed by atoms with Crippen molar-refractivity contribution in [3.05, 3.63) is 33.9 Å². The lowest BCUT2D eigenvalue weighted by atomic mass is 9.92. The summed E-state index contributed by atoms with van der Waals surface area (Å²) in [4.78, 5) is -1.58. The molecule has 90 valence electrons. The maximum atomic E-state index is 12.7. The third-order valence-corrected chi connectivity index (χ3v) is 3.94. The number of aryl methyl sites for hydroxylation is 2. The van der Waals surface area contributed by atoms with Gasteiger partial charge in [0.15, 0.2) is 0 Å². The molecule has 0 fully saturated rings. The molecule has 0 amide bonds. The van der Waals surface area contributed by atoms with Gasteiger partial charge in [0.25, 0.3) is 0 Å². The minimum Gasteiger partial charge on any atom is -0.169 e. The maximum absolute atomic E-state index is 12.7. The van der Waals surface area contributed by atoms with Gasteiger partial charge < -0.3 is 0 Å². The van der Waals surface area contributed by atoms with Crippen LogP contribution < -0.4 is 0 Å². The Morgan fingerprint density at radius 2 is 1.38 bits per heavy atom. The van der Waals surface area contributed by atoms with Crippen LogP contribution in [0.5, 0.6) is 0 Å². The fourth-order valence-electron chi connectivity index (χ4n) is 1.79. The monoisotopic (exact) mass is 294 g/mol. The Labute approximate surface area is 102 Å². The minimum atomic E-state index is -4.25. The van der Waals surface area contributed by atoms with E-state index in [9.17, 15) is 13.2 Å². The standard InChI is InChI=1S/C12H14BrF3/c1-6-5-7(2)9(4)10(8(6)3)11(13)12(14,15)16/h5,11H,1-4H3. The van der Waals surface area contributed by atoms with E-state index in [1.807, 2.05) is 19.9 Å². The van der Waals surface area contributed by atoms with Gasteiger partial charge in [-0.1, -0.05) is 22.0 Å². The zero-order valence-electron chi connectivity index (χ0n) is 9.67. The number of benzene rings is 1. The van der Waals surface area contributed by atoms with E-state index < -0.39 is 11.0 Å². The topological polar surface area (TPSA) is 0 Å². The van der Waals surface area contributed by atoms with Crippen molar-refractivity contribution < 1.29 is 13.2 Å². The molecule has 0 aromatic heterocycles. The molecule has 0 aliphatic heterocycles. The van der Waals surface area contributed by atoms with Crippen molar-refractivity contribution in [3.63, 3.8) is 0 Å². The molecule has 0 heterocycles. The number of rotatable bonds is 1. The molecule has 0 saturated carbocycles. The van der Waals surface area contributed by atoms with Crippen LogP contribution in [0.3, 0.4) is 0 Å². The van der Waals surface area contributed by atoms with Crippen molar-refractivity contribution in [2.24, 2.45) is 0 Å². The Balaban J connectivity index is 3.44. The van der Waals surface area contributed by atoms with Gasteiger partial charge in [0.1, 0.15) is 4.83 Å². The molecule has 4 heteroatoms. The molecule has 1 atom stereocenters. The van der Waals surface area contributed by atoms with Crippen LogP contribution in [0.25, 0.3) is 0 Å². The molecular weight excluding hydrogens is 281 g/mol. The van der Waals surface area contributed by atoms with Crippen LogP contribution in [0.15, 0.2) is 6.07 Å². The van der Waals surface area contributed by atoms with Gasteiger partial charge in [-0.25, -0.2) is 0 Å². The van der Waals surface area contributed by atoms with Crippen molar-refractivity contribution in [1.82, 2.24) is 0 Å². The van der Waals surface area contributed by atoms with Crippen LogP contribution in [0.2, 0.25) is 0 Å². The molecule has 1 unspecified atom stereocenters. The first-order valence-electron chi connectivity index (χ1n) is 4.94. The highest BCUT2D eigenvalue weighted by molar-refractivity contribution is 9.09. The molecule has 1 rings (SSSR count). The van der Waals surface area contributed by atoms with Gasteiger partial charge in [-0.3, -0.25) is 0 Å². The first-order valence-corrected chi connectivity index (χ1v) is 5.86. The SMILES string of the molecule is Cc1cc(C)c(C)c(C(Br)C(F)(F)F)c1C. The molecule has 1 aromatic rings. The summed E-state index contributed by atoms with van der Waals surface area (Å²) in [6.45, 7) is 7.14. The normalized spacial score (nSPS) is 14.0. The maximum Gasteiger partial charge on any atom is 0.405 e. The Morgan fingerprint density at radius 1 is 1.00 bits per heavy atom. The average Bonchev–Trinajstić information content (AvgIpc) is 2.13. The summed E-state index contributed by atoms with van der Waals surface area (Å²) in [6.07, 6.45) is -4.25. The van der Waals surface area contributed by atoms with Crippen LogP contribution >= 0.6 is 15.9 Å². The highest BCUT2D eigenvalue weighted by Crippen LogP contribution is 2.43. The third-order valence-electron chi connectivity index (χ3n) is 2.96. The largest absolute Gasteiger partial charge is 0.405 e. The minimum absolute atomic E-state index is 0.352. The van der Waals surface area contributed by atoms with Crippen LogP contribution in [0.4, 0.5) is 13.2 Å². The first-order chi connectivity index (χ1) is 7.16. The predicted octanol–water partition coefficient (Wildman–Crippen LogP) is 4.92. The van der Waals surface area contributed by atoms with E-state index in [1.54, 1.807) is 13.8 Å². The van der Waals surface area contributed by atoms with Crippen LogP contribution in [0.1, 0.15) is 32.6 Å². The van der Waals surface area contributed by atoms with Gasteiger partial charge in [-0.2, -0.15) is 13.2 Å². The molecule has 16 heavy (non-hydrogen) atoms. The Morgan fingerprint density at radius 3 is 1.69 bits per heavy atom. The van der Waals surface area contributed by atoms with Gasteiger partial charge in [0.2, 0.25) is 0 Å². The first kappa shape index (κ1) is 13.6. The number of alkyl halides is 4. The second kappa shape index (κ2) is 4.40. The zero-order valence-corrected chi connectivity index (χ0v) is 11.3. The van der Waals surface area contributed by atoms with E-state index >= 15 is 0 Å². The van der Waals surface area contributed by atoms with E-state index in [-0.39, 0.29) is 0 Å². The van der Waals surface area contributed by atoms with Crippen LogP contribution in [0, 0.1) is 27.7 Å². The second-order valence-corrected chi connectivity index (χ2v) is 4.99. The summed E-state index contributed by atoms with van der Waals surface area (Å²) in [5.41, 5.74) is 3.56. The molecule has 0 saturated heterocycles. The lowest BCUT2D eigenvalue weighted by Crippen LogP contribution is -2.18. The van der Waals surface area contributed by atoms with Gasteiger partial charge in [0, 0.05) is 0 Å². The van der Waals surface area contributed by atoms with Crippen molar-refractivity contribution in [2.75, 3.05) is 0 Å². The van der Waals surface area contributed by atoms with Gasteiger partial charge in [-0.05, 0) is 55.5 Å². The van der Waals surface area contributed by atoms with E-state index in [0.717, 1.165) is 11.1 Å². The smallest absolute Gasteiger partial charge is 0.169 e. The molecule has 1 aromatic carbocycles. The van der Waals surface area contributed by atoms with E-state index in [1.165, 1.54) is 0 Å². The summed E-state index contributed by atoms with van der Waals surface area (Å²) >= 11 is 2.75. The van der Waals surface area contributed by atoms with Crippen molar-refractivity contribution in [3.8, 4) is 0 Å². The van der Waals surface area contributed by atoms with Crippen LogP contribution in [-0.4, -0.2) is 6.18 Å². The van der Waals surface area contributed by atoms with Gasteiger partial charge in [-0.15, -0.1) is 0 Å². The fraction of sp³-hybridized carbons (Fsp3) is 0.500. The van der Waals surface area contributed by atoms with Crippen molar-refractivity contribution >= 4 is 15.9 Å². The molecular formula is C12H14BrF3. The third kappa shape index (κ3) is 2.42. The van der Waals surface area contributed by atoms with E-state index in [4.69, 9.17) is 0 Å². The summed E-state index contributed by atoms with van der Waals surface area (Å²) < 4.78 is 38.1. The van der Waals surface area contributed by atoms with Crippen LogP contribution in [-0.2, 0) is 0 Å². The number of hydrogen-bond donors (Lipinski definition) is 0. The second-order valence-electron chi connectivity index (χ2n) is 4.08. The molecule has 0 N–H and O–H groups in total. The Bertz CT molecular complexity index is 381. The van der Waals surface area contributed by atoms with E-state index in [0.29, 0.717) is 16.7 Å². The molecule has 0 aliphatic carbocycles. The molecule has 0 aliphatic rings. The summed E-state index contributed by atoms with van der Waals surface area (Å²) in [5.74, 6) is 0. The van der Waals surface area contributed by atoms with E-state index in [2.05, 4.69) is 15.9 Å². The molecule has 0 nitrogen and oxygen atoms in total. The highest BCUT2D eigenvalue weighted by Gasteiger charge is 2.40. The lowest BCUT2D eigenvalue weighted by Gasteiger charge is -2.21. The highest BCUT2D eigenvalue weighted by atomic mass is 79.9. The van der Waals surface area contributed by atoms with Crippen molar-refractivity contribution in [1.29, 1.82) is 0 Å². The summed E-state index contributed by atoms with van der Waals surface area (Å²) in [6, 6.07) is 1.92. The Hall–Kier alpha value is -0.510. The summed E-state index contributed by atoms with van der Waals surface area (Å²) in [5, 5.41) is 0. The van der Waals surface area contributed by atoms with Crippen molar-refractivity contribution in [2.45, 2.75) is 38.7 Å². The Kier molecular flexibility index (Phi) is 3.72. The number of halogens is 4. The summed E-state index contributed by atoms with van der Waals surface area (Å²) in [7, 11) is 0. The average molecular weight is 295 g/mol. The fourth-order valence-corrected chi connectivity index (χ4v) is 2.48. The zero-order chi connectivity index (χ0) is 12.7. The van der Waals surface area contributed by atoms with Gasteiger partial charge >= 0.3 is 6.18 Å². The number of hydrogen-bond acceptors (Lipinski definition) is 0. The van der Waals surface area contributed by atoms with Gasteiger partial charge in [0.05, 0.1) is 0 Å². The molecule has 0 radical (unpaired) electrons.